The van der Waals surface area contributed by atoms with Crippen LogP contribution in [0.25, 0.3) is 43.8 Å². The minimum absolute atomic E-state index is 0.404. The zero-order valence-electron chi connectivity index (χ0n) is 19.4. The van der Waals surface area contributed by atoms with Gasteiger partial charge >= 0.3 is 12.4 Å². The van der Waals surface area contributed by atoms with Gasteiger partial charge in [-0.15, -0.1) is 0 Å². The van der Waals surface area contributed by atoms with Crippen molar-refractivity contribution >= 4 is 21.5 Å². The van der Waals surface area contributed by atoms with E-state index in [1.54, 1.807) is 74.5 Å². The van der Waals surface area contributed by atoms with Crippen molar-refractivity contribution in [1.29, 1.82) is 0 Å². The van der Waals surface area contributed by atoms with E-state index in [1.807, 2.05) is 0 Å². The molecule has 0 N–H and O–H groups in total. The van der Waals surface area contributed by atoms with Crippen LogP contribution in [0, 0.1) is 13.8 Å². The number of aryl methyl sites for hydroxylation is 2. The van der Waals surface area contributed by atoms with E-state index in [0.29, 0.717) is 54.9 Å². The lowest BCUT2D eigenvalue weighted by atomic mass is 9.84. The number of halogens is 6. The van der Waals surface area contributed by atoms with Gasteiger partial charge in [0.15, 0.2) is 0 Å². The van der Waals surface area contributed by atoms with Crippen molar-refractivity contribution in [3.8, 4) is 22.3 Å². The Bertz CT molecular complexity index is 1450. The Labute approximate surface area is 203 Å². The zero-order chi connectivity index (χ0) is 25.8. The van der Waals surface area contributed by atoms with E-state index >= 15 is 0 Å². The third kappa shape index (κ3) is 4.21. The first-order valence-electron chi connectivity index (χ1n) is 11.3. The summed E-state index contributed by atoms with van der Waals surface area (Å²) in [4.78, 5) is 0. The van der Waals surface area contributed by atoms with E-state index < -0.39 is 23.5 Å². The van der Waals surface area contributed by atoms with Gasteiger partial charge in [-0.05, 0) is 93.0 Å². The predicted molar refractivity (Wildman–Crippen MR) is 132 cm³/mol. The molecule has 0 spiro atoms. The molecule has 0 atom stereocenters. The molecular formula is C30H20F6. The maximum atomic E-state index is 13.7. The molecule has 0 saturated carbocycles. The molecule has 0 bridgehead atoms. The Balaban J connectivity index is 1.93. The van der Waals surface area contributed by atoms with Gasteiger partial charge in [0.05, 0.1) is 11.1 Å². The third-order valence-corrected chi connectivity index (χ3v) is 6.32. The highest BCUT2D eigenvalue weighted by Crippen LogP contribution is 2.45. The molecule has 0 nitrogen and oxygen atoms in total. The molecule has 0 radical (unpaired) electrons. The second kappa shape index (κ2) is 8.40. The van der Waals surface area contributed by atoms with Gasteiger partial charge in [0, 0.05) is 0 Å². The molecule has 5 aromatic rings. The van der Waals surface area contributed by atoms with Crippen LogP contribution in [0.5, 0.6) is 0 Å². The summed E-state index contributed by atoms with van der Waals surface area (Å²) in [6.45, 7) is 3.23. The molecule has 36 heavy (non-hydrogen) atoms. The highest BCUT2D eigenvalue weighted by atomic mass is 19.4. The average molecular weight is 494 g/mol. The lowest BCUT2D eigenvalue weighted by Gasteiger charge is -2.20. The molecule has 0 heterocycles. The summed E-state index contributed by atoms with van der Waals surface area (Å²) >= 11 is 0. The molecular weight excluding hydrogens is 474 g/mol. The first-order valence-corrected chi connectivity index (χ1v) is 11.3. The second-order valence-corrected chi connectivity index (χ2v) is 9.01. The summed E-state index contributed by atoms with van der Waals surface area (Å²) < 4.78 is 81.9. The number of benzene rings is 5. The minimum atomic E-state index is -4.51. The van der Waals surface area contributed by atoms with Crippen LogP contribution < -0.4 is 0 Å². The first kappa shape index (κ1) is 23.9. The van der Waals surface area contributed by atoms with E-state index in [2.05, 4.69) is 0 Å². The maximum absolute atomic E-state index is 13.7. The van der Waals surface area contributed by atoms with Crippen molar-refractivity contribution in [3.05, 3.63) is 107 Å². The van der Waals surface area contributed by atoms with E-state index in [1.165, 1.54) is 0 Å². The fraction of sp³-hybridized carbons (Fsp3) is 0.133. The maximum Gasteiger partial charge on any atom is 0.416 e. The van der Waals surface area contributed by atoms with Crippen LogP contribution in [0.1, 0.15) is 22.3 Å². The van der Waals surface area contributed by atoms with Gasteiger partial charge < -0.3 is 0 Å². The number of rotatable bonds is 2. The number of fused-ring (bicyclic) bond motifs is 2. The average Bonchev–Trinajstić information content (AvgIpc) is 2.80. The van der Waals surface area contributed by atoms with Gasteiger partial charge in [-0.2, -0.15) is 26.3 Å². The van der Waals surface area contributed by atoms with Gasteiger partial charge in [0.1, 0.15) is 0 Å². The highest BCUT2D eigenvalue weighted by Gasteiger charge is 2.32. The van der Waals surface area contributed by atoms with Crippen molar-refractivity contribution in [1.82, 2.24) is 0 Å². The molecule has 0 amide bonds. The first-order chi connectivity index (χ1) is 16.9. The van der Waals surface area contributed by atoms with Crippen LogP contribution in [0.4, 0.5) is 26.3 Å². The summed E-state index contributed by atoms with van der Waals surface area (Å²) in [6, 6.07) is 22.2. The quantitative estimate of drug-likeness (QED) is 0.169. The van der Waals surface area contributed by atoms with E-state index in [0.717, 1.165) is 24.3 Å². The molecule has 0 aliphatic heterocycles. The van der Waals surface area contributed by atoms with Crippen molar-refractivity contribution in [3.63, 3.8) is 0 Å². The van der Waals surface area contributed by atoms with Gasteiger partial charge in [0.25, 0.3) is 0 Å². The normalized spacial score (nSPS) is 12.4. The van der Waals surface area contributed by atoms with Crippen molar-refractivity contribution < 1.29 is 26.3 Å². The number of hydrogen-bond acceptors (Lipinski definition) is 0. The largest absolute Gasteiger partial charge is 0.416 e. The fourth-order valence-electron chi connectivity index (χ4n) is 4.93. The molecule has 6 heteroatoms. The smallest absolute Gasteiger partial charge is 0.166 e. The topological polar surface area (TPSA) is 0 Å². The van der Waals surface area contributed by atoms with Crippen molar-refractivity contribution in [2.45, 2.75) is 26.2 Å². The van der Waals surface area contributed by atoms with E-state index in [9.17, 15) is 26.3 Å². The van der Waals surface area contributed by atoms with E-state index in [4.69, 9.17) is 0 Å². The van der Waals surface area contributed by atoms with Gasteiger partial charge in [-0.3, -0.25) is 0 Å². The Morgan fingerprint density at radius 2 is 0.750 bits per heavy atom. The molecule has 0 unspecified atom stereocenters. The van der Waals surface area contributed by atoms with Crippen molar-refractivity contribution in [2.24, 2.45) is 0 Å². The fourth-order valence-corrected chi connectivity index (χ4v) is 4.93. The third-order valence-electron chi connectivity index (χ3n) is 6.32. The predicted octanol–water partition coefficient (Wildman–Crippen LogP) is 9.98. The summed E-state index contributed by atoms with van der Waals surface area (Å²) in [5.41, 5.74) is 1.47. The Morgan fingerprint density at radius 1 is 0.444 bits per heavy atom. The van der Waals surface area contributed by atoms with Crippen LogP contribution in [-0.4, -0.2) is 0 Å². The molecule has 5 aromatic carbocycles. The van der Waals surface area contributed by atoms with Gasteiger partial charge in [-0.1, -0.05) is 60.7 Å². The standard InChI is InChI=1S/C30H20F6/c1-17-11-19(15-21(13-17)29(31,32)33)27-23-7-3-5-9-25(23)28(26-10-6-4-8-24(26)27)20-12-18(2)14-22(16-20)30(34,35)36/h3-16H,1-2H3. The van der Waals surface area contributed by atoms with E-state index in [-0.39, 0.29) is 0 Å². The molecule has 182 valence electrons. The number of alkyl halides is 6. The zero-order valence-corrected chi connectivity index (χ0v) is 19.4. The summed E-state index contributed by atoms with van der Waals surface area (Å²) in [6.07, 6.45) is -9.02. The van der Waals surface area contributed by atoms with Crippen LogP contribution in [0.15, 0.2) is 84.9 Å². The molecule has 0 saturated heterocycles. The van der Waals surface area contributed by atoms with Crippen LogP contribution >= 0.6 is 0 Å². The minimum Gasteiger partial charge on any atom is -0.166 e. The molecule has 0 aliphatic rings. The summed E-state index contributed by atoms with van der Waals surface area (Å²) in [5, 5.41) is 2.67. The summed E-state index contributed by atoms with van der Waals surface area (Å²) in [7, 11) is 0. The lowest BCUT2D eigenvalue weighted by Crippen LogP contribution is -2.06. The number of hydrogen-bond donors (Lipinski definition) is 0. The second-order valence-electron chi connectivity index (χ2n) is 9.01. The Kier molecular flexibility index (Phi) is 5.58. The Hall–Kier alpha value is -3.80. The Morgan fingerprint density at radius 3 is 1.03 bits per heavy atom. The van der Waals surface area contributed by atoms with Crippen LogP contribution in [-0.2, 0) is 12.4 Å². The molecule has 0 aromatic heterocycles. The highest BCUT2D eigenvalue weighted by molar-refractivity contribution is 6.21. The molecule has 0 fully saturated rings. The van der Waals surface area contributed by atoms with Crippen LogP contribution in [0.2, 0.25) is 0 Å². The monoisotopic (exact) mass is 494 g/mol. The lowest BCUT2D eigenvalue weighted by molar-refractivity contribution is -0.138. The molecule has 5 rings (SSSR count). The van der Waals surface area contributed by atoms with Gasteiger partial charge in [-0.25, -0.2) is 0 Å². The SMILES string of the molecule is Cc1cc(-c2c3ccccc3c(-c3cc(C)cc(C(F)(F)F)c3)c3ccccc23)cc(C(F)(F)F)c1. The summed E-state index contributed by atoms with van der Waals surface area (Å²) in [5.74, 6) is 0. The van der Waals surface area contributed by atoms with Crippen LogP contribution in [0.3, 0.4) is 0 Å². The van der Waals surface area contributed by atoms with Crippen molar-refractivity contribution in [2.75, 3.05) is 0 Å². The molecule has 0 aliphatic carbocycles. The van der Waals surface area contributed by atoms with Gasteiger partial charge in [0.2, 0.25) is 0 Å².